The Balaban J connectivity index is 2.72. The van der Waals surface area contributed by atoms with Crippen LogP contribution in [0.3, 0.4) is 0 Å². The molecule has 0 aromatic heterocycles. The highest BCUT2D eigenvalue weighted by molar-refractivity contribution is 4.84. The van der Waals surface area contributed by atoms with Crippen molar-refractivity contribution in [1.82, 2.24) is 0 Å². The van der Waals surface area contributed by atoms with Gasteiger partial charge in [0.15, 0.2) is 0 Å². The van der Waals surface area contributed by atoms with E-state index in [1.54, 1.807) is 0 Å². The Kier molecular flexibility index (Phi) is 4.64. The zero-order valence-corrected chi connectivity index (χ0v) is 11.1. The van der Waals surface area contributed by atoms with Crippen LogP contribution in [0.2, 0.25) is 0 Å². The molecule has 0 aromatic carbocycles. The average molecular weight is 211 g/mol. The molecule has 1 heteroatoms. The van der Waals surface area contributed by atoms with Gasteiger partial charge in [0.1, 0.15) is 0 Å². The van der Waals surface area contributed by atoms with Crippen LogP contribution in [0.5, 0.6) is 0 Å². The maximum atomic E-state index is 6.21. The Hall–Kier alpha value is -0.0400. The molecule has 0 spiro atoms. The Bertz CT molecular complexity index is 186. The SMILES string of the molecule is CCC1CC(N)CCC(C)(C)CC1CC. The molecule has 3 atom stereocenters. The van der Waals surface area contributed by atoms with Crippen molar-refractivity contribution < 1.29 is 0 Å². The van der Waals surface area contributed by atoms with Gasteiger partial charge in [0.2, 0.25) is 0 Å². The van der Waals surface area contributed by atoms with E-state index in [4.69, 9.17) is 5.73 Å². The molecule has 1 nitrogen and oxygen atoms in total. The summed E-state index contributed by atoms with van der Waals surface area (Å²) in [6.07, 6.45) is 7.82. The fraction of sp³-hybridized carbons (Fsp3) is 1.00. The average Bonchev–Trinajstić information content (AvgIpc) is 2.18. The molecule has 0 bridgehead atoms. The molecule has 0 heterocycles. The van der Waals surface area contributed by atoms with E-state index in [-0.39, 0.29) is 0 Å². The van der Waals surface area contributed by atoms with Crippen LogP contribution in [-0.4, -0.2) is 6.04 Å². The van der Waals surface area contributed by atoms with Crippen molar-refractivity contribution in [3.05, 3.63) is 0 Å². The van der Waals surface area contributed by atoms with Gasteiger partial charge in [-0.05, 0) is 42.9 Å². The lowest BCUT2D eigenvalue weighted by Crippen LogP contribution is -2.33. The first-order valence-corrected chi connectivity index (χ1v) is 6.74. The van der Waals surface area contributed by atoms with Gasteiger partial charge in [-0.3, -0.25) is 0 Å². The Morgan fingerprint density at radius 3 is 2.27 bits per heavy atom. The minimum Gasteiger partial charge on any atom is -0.328 e. The van der Waals surface area contributed by atoms with Gasteiger partial charge in [0.25, 0.3) is 0 Å². The predicted molar refractivity (Wildman–Crippen MR) is 67.8 cm³/mol. The van der Waals surface area contributed by atoms with Crippen LogP contribution in [0.1, 0.15) is 66.2 Å². The maximum absolute atomic E-state index is 6.21. The van der Waals surface area contributed by atoms with Crippen LogP contribution in [-0.2, 0) is 0 Å². The molecule has 15 heavy (non-hydrogen) atoms. The summed E-state index contributed by atoms with van der Waals surface area (Å²) < 4.78 is 0. The van der Waals surface area contributed by atoms with Gasteiger partial charge in [0.05, 0.1) is 0 Å². The van der Waals surface area contributed by atoms with E-state index in [1.807, 2.05) is 0 Å². The van der Waals surface area contributed by atoms with E-state index in [1.165, 1.54) is 38.5 Å². The molecule has 2 N–H and O–H groups in total. The minimum atomic E-state index is 0.448. The Labute approximate surface area is 95.8 Å². The monoisotopic (exact) mass is 211 g/mol. The largest absolute Gasteiger partial charge is 0.328 e. The summed E-state index contributed by atoms with van der Waals surface area (Å²) in [6.45, 7) is 9.51. The smallest absolute Gasteiger partial charge is 0.00417 e. The molecule has 1 fully saturated rings. The maximum Gasteiger partial charge on any atom is 0.00417 e. The first-order chi connectivity index (χ1) is 6.98. The van der Waals surface area contributed by atoms with Crippen molar-refractivity contribution in [2.75, 3.05) is 0 Å². The standard InChI is InChI=1S/C14H29N/c1-5-11-9-13(15)7-8-14(3,4)10-12(11)6-2/h11-13H,5-10,15H2,1-4H3. The second-order valence-corrected chi connectivity index (χ2v) is 6.24. The Morgan fingerprint density at radius 1 is 1.13 bits per heavy atom. The molecule has 0 aromatic rings. The highest BCUT2D eigenvalue weighted by Gasteiger charge is 2.31. The highest BCUT2D eigenvalue weighted by Crippen LogP contribution is 2.40. The quantitative estimate of drug-likeness (QED) is 0.735. The van der Waals surface area contributed by atoms with Crippen LogP contribution in [0.25, 0.3) is 0 Å². The lowest BCUT2D eigenvalue weighted by Gasteiger charge is -2.38. The molecule has 1 aliphatic carbocycles. The third-order valence-electron chi connectivity index (χ3n) is 4.33. The third-order valence-corrected chi connectivity index (χ3v) is 4.33. The molecule has 90 valence electrons. The van der Waals surface area contributed by atoms with Crippen molar-refractivity contribution in [3.8, 4) is 0 Å². The fourth-order valence-electron chi connectivity index (χ4n) is 3.23. The number of nitrogens with two attached hydrogens (primary N) is 1. The normalized spacial score (nSPS) is 37.0. The third kappa shape index (κ3) is 3.79. The van der Waals surface area contributed by atoms with Crippen LogP contribution < -0.4 is 5.73 Å². The van der Waals surface area contributed by atoms with Crippen LogP contribution in [0, 0.1) is 17.3 Å². The minimum absolute atomic E-state index is 0.448. The summed E-state index contributed by atoms with van der Waals surface area (Å²) in [6, 6.07) is 0.448. The number of hydrogen-bond acceptors (Lipinski definition) is 1. The summed E-state index contributed by atoms with van der Waals surface area (Å²) in [5.41, 5.74) is 6.71. The van der Waals surface area contributed by atoms with Crippen LogP contribution in [0.15, 0.2) is 0 Å². The predicted octanol–water partition coefficient (Wildman–Crippen LogP) is 3.97. The second kappa shape index (κ2) is 5.34. The van der Waals surface area contributed by atoms with Crippen molar-refractivity contribution in [2.45, 2.75) is 72.3 Å². The van der Waals surface area contributed by atoms with E-state index in [0.717, 1.165) is 11.8 Å². The fourth-order valence-corrected chi connectivity index (χ4v) is 3.23. The molecule has 1 rings (SSSR count). The molecule has 0 aliphatic heterocycles. The number of rotatable bonds is 2. The van der Waals surface area contributed by atoms with Crippen LogP contribution in [0.4, 0.5) is 0 Å². The molecule has 3 unspecified atom stereocenters. The molecule has 0 radical (unpaired) electrons. The van der Waals surface area contributed by atoms with Crippen LogP contribution >= 0.6 is 0 Å². The van der Waals surface area contributed by atoms with Gasteiger partial charge in [-0.1, -0.05) is 40.5 Å². The zero-order valence-electron chi connectivity index (χ0n) is 11.1. The summed E-state index contributed by atoms with van der Waals surface area (Å²) in [7, 11) is 0. The van der Waals surface area contributed by atoms with Gasteiger partial charge in [-0.15, -0.1) is 0 Å². The molecule has 0 saturated heterocycles. The van der Waals surface area contributed by atoms with Crippen molar-refractivity contribution >= 4 is 0 Å². The molecule has 0 amide bonds. The first kappa shape index (κ1) is 13.0. The second-order valence-electron chi connectivity index (χ2n) is 6.24. The summed E-state index contributed by atoms with van der Waals surface area (Å²) in [5, 5.41) is 0. The van der Waals surface area contributed by atoms with Crippen molar-refractivity contribution in [1.29, 1.82) is 0 Å². The number of hydrogen-bond donors (Lipinski definition) is 1. The zero-order chi connectivity index (χ0) is 11.5. The first-order valence-electron chi connectivity index (χ1n) is 6.74. The molecular weight excluding hydrogens is 182 g/mol. The highest BCUT2D eigenvalue weighted by atomic mass is 14.6. The van der Waals surface area contributed by atoms with Gasteiger partial charge in [-0.25, -0.2) is 0 Å². The van der Waals surface area contributed by atoms with Gasteiger partial charge < -0.3 is 5.73 Å². The van der Waals surface area contributed by atoms with E-state index in [0.29, 0.717) is 11.5 Å². The van der Waals surface area contributed by atoms with Gasteiger partial charge in [-0.2, -0.15) is 0 Å². The van der Waals surface area contributed by atoms with E-state index < -0.39 is 0 Å². The lowest BCUT2D eigenvalue weighted by molar-refractivity contribution is 0.143. The summed E-state index contributed by atoms with van der Waals surface area (Å²) in [5.74, 6) is 1.76. The van der Waals surface area contributed by atoms with Crippen molar-refractivity contribution in [2.24, 2.45) is 23.0 Å². The lowest BCUT2D eigenvalue weighted by atomic mass is 9.68. The topological polar surface area (TPSA) is 26.0 Å². The summed E-state index contributed by atoms with van der Waals surface area (Å²) in [4.78, 5) is 0. The van der Waals surface area contributed by atoms with E-state index in [9.17, 15) is 0 Å². The van der Waals surface area contributed by atoms with Crippen molar-refractivity contribution in [3.63, 3.8) is 0 Å². The molecule has 1 aliphatic rings. The van der Waals surface area contributed by atoms with E-state index in [2.05, 4.69) is 27.7 Å². The summed E-state index contributed by atoms with van der Waals surface area (Å²) >= 11 is 0. The van der Waals surface area contributed by atoms with E-state index >= 15 is 0 Å². The Morgan fingerprint density at radius 2 is 1.73 bits per heavy atom. The molecule has 1 saturated carbocycles. The van der Waals surface area contributed by atoms with Gasteiger partial charge in [0, 0.05) is 6.04 Å². The van der Waals surface area contributed by atoms with Gasteiger partial charge >= 0.3 is 0 Å². The molecular formula is C14H29N.